The Kier molecular flexibility index (Phi) is 5.12. The molecule has 0 aromatic carbocycles. The fourth-order valence-corrected chi connectivity index (χ4v) is 0.494. The van der Waals surface area contributed by atoms with Gasteiger partial charge in [-0.1, -0.05) is 13.5 Å². The van der Waals surface area contributed by atoms with Gasteiger partial charge in [0.25, 0.3) is 0 Å². The first-order valence-corrected chi connectivity index (χ1v) is 3.65. The summed E-state index contributed by atoms with van der Waals surface area (Å²) in [5, 5.41) is 0.276. The lowest BCUT2D eigenvalue weighted by molar-refractivity contribution is -0.137. The first kappa shape index (κ1) is 9.56. The second-order valence-electron chi connectivity index (χ2n) is 2.01. The minimum atomic E-state index is -0.367. The van der Waals surface area contributed by atoms with Crippen molar-refractivity contribution in [1.82, 2.24) is 0 Å². The van der Waals surface area contributed by atoms with Crippen molar-refractivity contribution in [3.63, 3.8) is 0 Å². The molecule has 0 heterocycles. The molecule has 0 radical (unpaired) electrons. The van der Waals surface area contributed by atoms with Gasteiger partial charge in [-0.15, -0.1) is 0 Å². The lowest BCUT2D eigenvalue weighted by Crippen LogP contribution is -2.05. The molecule has 1 atom stereocenters. The third-order valence-corrected chi connectivity index (χ3v) is 1.20. The molecule has 0 aliphatic heterocycles. The van der Waals surface area contributed by atoms with Gasteiger partial charge in [0.1, 0.15) is 0 Å². The van der Waals surface area contributed by atoms with E-state index in [9.17, 15) is 4.79 Å². The average molecular weight is 160 g/mol. The van der Waals surface area contributed by atoms with Crippen LogP contribution >= 0.6 is 12.6 Å². The van der Waals surface area contributed by atoms with E-state index >= 15 is 0 Å². The van der Waals surface area contributed by atoms with E-state index in [2.05, 4.69) is 19.2 Å². The summed E-state index contributed by atoms with van der Waals surface area (Å²) in [6.07, 6.45) is 1.94. The zero-order valence-electron chi connectivity index (χ0n) is 6.04. The molecule has 0 bridgehead atoms. The summed E-state index contributed by atoms with van der Waals surface area (Å²) in [4.78, 5) is 10.4. The van der Waals surface area contributed by atoms with Crippen LogP contribution in [-0.2, 0) is 9.53 Å². The molecular weight excluding hydrogens is 148 g/mol. The molecule has 0 aromatic rings. The van der Waals surface area contributed by atoms with Crippen molar-refractivity contribution in [2.45, 2.75) is 18.6 Å². The van der Waals surface area contributed by atoms with E-state index < -0.39 is 0 Å². The first-order chi connectivity index (χ1) is 4.66. The molecular formula is C7H12O2S. The molecule has 0 aliphatic carbocycles. The van der Waals surface area contributed by atoms with Crippen LogP contribution in [0.2, 0.25) is 0 Å². The lowest BCUT2D eigenvalue weighted by atomic mass is 10.3. The van der Waals surface area contributed by atoms with Gasteiger partial charge in [-0.25, -0.2) is 4.79 Å². The first-order valence-electron chi connectivity index (χ1n) is 3.14. The van der Waals surface area contributed by atoms with Crippen LogP contribution in [0.1, 0.15) is 13.3 Å². The minimum absolute atomic E-state index is 0.276. The van der Waals surface area contributed by atoms with E-state index in [1.807, 2.05) is 6.92 Å². The van der Waals surface area contributed by atoms with Crippen molar-refractivity contribution in [2.75, 3.05) is 6.61 Å². The molecule has 1 unspecified atom stereocenters. The van der Waals surface area contributed by atoms with Crippen molar-refractivity contribution in [3.8, 4) is 0 Å². The smallest absolute Gasteiger partial charge is 0.330 e. The van der Waals surface area contributed by atoms with Gasteiger partial charge in [-0.3, -0.25) is 0 Å². The summed E-state index contributed by atoms with van der Waals surface area (Å²) in [6, 6.07) is 0. The van der Waals surface area contributed by atoms with E-state index in [1.54, 1.807) is 0 Å². The highest BCUT2D eigenvalue weighted by Gasteiger charge is 1.97. The Labute approximate surface area is 66.7 Å². The van der Waals surface area contributed by atoms with Crippen molar-refractivity contribution in [2.24, 2.45) is 0 Å². The standard InChI is InChI=1S/C7H12O2S/c1-3-7(8)9-5-4-6(2)10/h3,6,10H,1,4-5H2,2H3. The van der Waals surface area contributed by atoms with E-state index in [4.69, 9.17) is 4.74 Å². The molecule has 0 saturated carbocycles. The SMILES string of the molecule is C=CC(=O)OCCC(C)S. The molecule has 0 spiro atoms. The van der Waals surface area contributed by atoms with E-state index in [0.717, 1.165) is 12.5 Å². The van der Waals surface area contributed by atoms with Crippen molar-refractivity contribution < 1.29 is 9.53 Å². The Morgan fingerprint density at radius 2 is 2.50 bits per heavy atom. The number of thiol groups is 1. The fraction of sp³-hybridized carbons (Fsp3) is 0.571. The van der Waals surface area contributed by atoms with Crippen LogP contribution in [0.15, 0.2) is 12.7 Å². The molecule has 0 aliphatic rings. The molecule has 3 heteroatoms. The fourth-order valence-electron chi connectivity index (χ4n) is 0.389. The zero-order chi connectivity index (χ0) is 7.98. The maximum atomic E-state index is 10.4. The highest BCUT2D eigenvalue weighted by atomic mass is 32.1. The van der Waals surface area contributed by atoms with Crippen LogP contribution in [0.3, 0.4) is 0 Å². The Morgan fingerprint density at radius 1 is 1.90 bits per heavy atom. The quantitative estimate of drug-likeness (QED) is 0.382. The van der Waals surface area contributed by atoms with E-state index in [1.165, 1.54) is 0 Å². The summed E-state index contributed by atoms with van der Waals surface area (Å²) < 4.78 is 4.70. The normalized spacial score (nSPS) is 12.2. The predicted octanol–water partition coefficient (Wildman–Crippen LogP) is 1.42. The maximum absolute atomic E-state index is 10.4. The third-order valence-electron chi connectivity index (χ3n) is 0.947. The summed E-state index contributed by atoms with van der Waals surface area (Å²) >= 11 is 4.11. The van der Waals surface area contributed by atoms with Gasteiger partial charge in [-0.2, -0.15) is 12.6 Å². The molecule has 0 saturated heterocycles. The van der Waals surface area contributed by atoms with Crippen LogP contribution in [0, 0.1) is 0 Å². The zero-order valence-corrected chi connectivity index (χ0v) is 6.93. The number of esters is 1. The Bertz CT molecular complexity index is 121. The van der Waals surface area contributed by atoms with Gasteiger partial charge in [-0.05, 0) is 6.42 Å². The van der Waals surface area contributed by atoms with Crippen LogP contribution in [0.25, 0.3) is 0 Å². The largest absolute Gasteiger partial charge is 0.463 e. The Morgan fingerprint density at radius 3 is 2.90 bits per heavy atom. The summed E-state index contributed by atoms with van der Waals surface area (Å²) in [6.45, 7) is 5.64. The highest BCUT2D eigenvalue weighted by molar-refractivity contribution is 7.80. The molecule has 2 nitrogen and oxygen atoms in total. The van der Waals surface area contributed by atoms with Gasteiger partial charge in [0.15, 0.2) is 0 Å². The number of hydrogen-bond donors (Lipinski definition) is 1. The van der Waals surface area contributed by atoms with Crippen molar-refractivity contribution >= 4 is 18.6 Å². The predicted molar refractivity (Wildman–Crippen MR) is 44.2 cm³/mol. The van der Waals surface area contributed by atoms with Gasteiger partial charge >= 0.3 is 5.97 Å². The molecule has 0 amide bonds. The third kappa shape index (κ3) is 5.69. The Balaban J connectivity index is 3.19. The highest BCUT2D eigenvalue weighted by Crippen LogP contribution is 1.98. The molecule has 0 N–H and O–H groups in total. The van der Waals surface area contributed by atoms with E-state index in [-0.39, 0.29) is 11.2 Å². The van der Waals surface area contributed by atoms with Gasteiger partial charge in [0.05, 0.1) is 6.61 Å². The van der Waals surface area contributed by atoms with Crippen LogP contribution < -0.4 is 0 Å². The topological polar surface area (TPSA) is 26.3 Å². The second-order valence-corrected chi connectivity index (χ2v) is 2.89. The number of ether oxygens (including phenoxy) is 1. The van der Waals surface area contributed by atoms with Crippen LogP contribution in [-0.4, -0.2) is 17.8 Å². The molecule has 0 fully saturated rings. The Hall–Kier alpha value is -0.440. The minimum Gasteiger partial charge on any atom is -0.463 e. The van der Waals surface area contributed by atoms with Crippen molar-refractivity contribution in [1.29, 1.82) is 0 Å². The van der Waals surface area contributed by atoms with E-state index in [0.29, 0.717) is 6.61 Å². The summed E-state index contributed by atoms with van der Waals surface area (Å²) in [5.74, 6) is -0.367. The van der Waals surface area contributed by atoms with Crippen LogP contribution in [0.4, 0.5) is 0 Å². The number of carbonyl (C=O) groups excluding carboxylic acids is 1. The molecule has 10 heavy (non-hydrogen) atoms. The average Bonchev–Trinajstić information content (AvgIpc) is 1.87. The molecule has 0 rings (SSSR count). The number of hydrogen-bond acceptors (Lipinski definition) is 3. The molecule has 0 aromatic heterocycles. The van der Waals surface area contributed by atoms with Gasteiger partial charge < -0.3 is 4.74 Å². The monoisotopic (exact) mass is 160 g/mol. The maximum Gasteiger partial charge on any atom is 0.330 e. The van der Waals surface area contributed by atoms with Gasteiger partial charge in [0, 0.05) is 11.3 Å². The number of rotatable bonds is 4. The number of carbonyl (C=O) groups is 1. The molecule has 58 valence electrons. The summed E-state index contributed by atoms with van der Waals surface area (Å²) in [7, 11) is 0. The lowest BCUT2D eigenvalue weighted by Gasteiger charge is -2.02. The second kappa shape index (κ2) is 5.35. The summed E-state index contributed by atoms with van der Waals surface area (Å²) in [5.41, 5.74) is 0. The van der Waals surface area contributed by atoms with Gasteiger partial charge in [0.2, 0.25) is 0 Å². The van der Waals surface area contributed by atoms with Crippen molar-refractivity contribution in [3.05, 3.63) is 12.7 Å². The van der Waals surface area contributed by atoms with Crippen LogP contribution in [0.5, 0.6) is 0 Å².